The van der Waals surface area contributed by atoms with Gasteiger partial charge in [0.25, 0.3) is 0 Å². The quantitative estimate of drug-likeness (QED) is 0.228. The second kappa shape index (κ2) is 16.4. The van der Waals surface area contributed by atoms with Crippen LogP contribution in [0.3, 0.4) is 0 Å². The molecule has 0 amide bonds. The van der Waals surface area contributed by atoms with E-state index in [-0.39, 0.29) is 35.5 Å². The van der Waals surface area contributed by atoms with E-state index in [4.69, 9.17) is 0 Å². The van der Waals surface area contributed by atoms with Gasteiger partial charge < -0.3 is 19.3 Å². The third-order valence-electron chi connectivity index (χ3n) is 1.16. The zero-order chi connectivity index (χ0) is 6.24. The Hall–Kier alpha value is 0.796. The van der Waals surface area contributed by atoms with Gasteiger partial charge in [-0.2, -0.15) is 6.42 Å². The number of halogens is 1. The molecule has 0 aliphatic rings. The molecule has 0 aromatic rings. The molecule has 0 N–H and O–H groups in total. The fourth-order valence-electron chi connectivity index (χ4n) is 0.642. The fraction of sp³-hybridized carbons (Fsp3) is 0.625. The molecule has 10 heavy (non-hydrogen) atoms. The van der Waals surface area contributed by atoms with Gasteiger partial charge in [0.1, 0.15) is 0 Å². The van der Waals surface area contributed by atoms with Gasteiger partial charge in [0.2, 0.25) is 0 Å². The normalized spacial score (nSPS) is 7.30. The second-order valence-electron chi connectivity index (χ2n) is 1.99. The molecule has 0 radical (unpaired) electrons. The third kappa shape index (κ3) is 15.9. The van der Waals surface area contributed by atoms with E-state index >= 15 is 0 Å². The van der Waals surface area contributed by atoms with Crippen LogP contribution < -0.4 is 12.4 Å². The molecule has 0 fully saturated rings. The molecule has 0 bridgehead atoms. The molecule has 2 heteroatoms. The Balaban J connectivity index is -0.000000245. The van der Waals surface area contributed by atoms with Crippen LogP contribution in [0.1, 0.15) is 32.1 Å². The Morgan fingerprint density at radius 2 is 1.80 bits per heavy atom. The Labute approximate surface area is 87.0 Å². The van der Waals surface area contributed by atoms with Crippen LogP contribution in [0.2, 0.25) is 0 Å². The number of unbranched alkanes of at least 4 members (excludes halogenated alkanes) is 4. The summed E-state index contributed by atoms with van der Waals surface area (Å²) in [6.07, 6.45) is 8.10. The van der Waals surface area contributed by atoms with Crippen LogP contribution in [0.5, 0.6) is 0 Å². The van der Waals surface area contributed by atoms with Gasteiger partial charge >= 0.3 is 23.1 Å². The molecule has 0 heterocycles. The van der Waals surface area contributed by atoms with Crippen molar-refractivity contribution in [3.63, 3.8) is 0 Å². The number of hydrogen-bond acceptors (Lipinski definition) is 0. The van der Waals surface area contributed by atoms with Gasteiger partial charge in [0.05, 0.1) is 0 Å². The second-order valence-corrected chi connectivity index (χ2v) is 1.99. The Bertz CT molecular complexity index is 55.2. The number of allylic oxidation sites excluding steroid dienone is 1. The van der Waals surface area contributed by atoms with E-state index in [0.29, 0.717) is 0 Å². The maximum Gasteiger partial charge on any atom is 2.00 e. The first-order valence-corrected chi connectivity index (χ1v) is 3.32. The van der Waals surface area contributed by atoms with Crippen molar-refractivity contribution in [1.29, 1.82) is 0 Å². The van der Waals surface area contributed by atoms with Gasteiger partial charge in [0, 0.05) is 0 Å². The SMILES string of the molecule is C=CCCCCC[CH2-].[Cl-].[Mg+2]. The number of hydrogen-bond donors (Lipinski definition) is 0. The van der Waals surface area contributed by atoms with Crippen molar-refractivity contribution in [2.45, 2.75) is 32.1 Å². The van der Waals surface area contributed by atoms with Crippen molar-refractivity contribution in [3.8, 4) is 0 Å². The van der Waals surface area contributed by atoms with Gasteiger partial charge in [0.15, 0.2) is 0 Å². The predicted molar refractivity (Wildman–Crippen MR) is 44.4 cm³/mol. The molecule has 0 aliphatic carbocycles. The minimum absolute atomic E-state index is 0. The average molecular weight is 171 g/mol. The van der Waals surface area contributed by atoms with E-state index in [1.54, 1.807) is 0 Å². The van der Waals surface area contributed by atoms with Crippen molar-refractivity contribution in [1.82, 2.24) is 0 Å². The average Bonchev–Trinajstić information content (AvgIpc) is 1.81. The van der Waals surface area contributed by atoms with Crippen LogP contribution in [0.25, 0.3) is 0 Å². The molecule has 0 aromatic carbocycles. The summed E-state index contributed by atoms with van der Waals surface area (Å²) in [5.74, 6) is 0. The summed E-state index contributed by atoms with van der Waals surface area (Å²) in [4.78, 5) is 0. The molecule has 0 aliphatic heterocycles. The molecule has 0 spiro atoms. The Kier molecular flexibility index (Phi) is 28.0. The van der Waals surface area contributed by atoms with Crippen LogP contribution in [0.4, 0.5) is 0 Å². The summed E-state index contributed by atoms with van der Waals surface area (Å²) >= 11 is 0. The van der Waals surface area contributed by atoms with Gasteiger partial charge in [-0.1, -0.05) is 18.9 Å². The van der Waals surface area contributed by atoms with E-state index in [9.17, 15) is 0 Å². The molecular weight excluding hydrogens is 156 g/mol. The minimum atomic E-state index is 0. The van der Waals surface area contributed by atoms with Crippen LogP contribution in [-0.2, 0) is 0 Å². The van der Waals surface area contributed by atoms with Crippen LogP contribution in [0.15, 0.2) is 12.7 Å². The molecule has 0 nitrogen and oxygen atoms in total. The molecular formula is C8H15ClMg. The van der Waals surface area contributed by atoms with Crippen LogP contribution >= 0.6 is 0 Å². The van der Waals surface area contributed by atoms with Crippen LogP contribution in [0, 0.1) is 6.92 Å². The maximum absolute atomic E-state index is 3.76. The molecule has 0 rings (SSSR count). The fourth-order valence-corrected chi connectivity index (χ4v) is 0.642. The topological polar surface area (TPSA) is 0 Å². The zero-order valence-electron chi connectivity index (χ0n) is 6.61. The maximum atomic E-state index is 3.76. The van der Waals surface area contributed by atoms with E-state index in [1.165, 1.54) is 25.7 Å². The van der Waals surface area contributed by atoms with Crippen LogP contribution in [-0.4, -0.2) is 23.1 Å². The minimum Gasteiger partial charge on any atom is -1.00 e. The summed E-state index contributed by atoms with van der Waals surface area (Å²) in [6, 6.07) is 0. The largest absolute Gasteiger partial charge is 2.00 e. The molecule has 0 unspecified atom stereocenters. The first-order valence-electron chi connectivity index (χ1n) is 3.32. The van der Waals surface area contributed by atoms with E-state index in [0.717, 1.165) is 6.42 Å². The van der Waals surface area contributed by atoms with Gasteiger partial charge in [-0.15, -0.1) is 6.58 Å². The summed E-state index contributed by atoms with van der Waals surface area (Å²) in [5, 5.41) is 0. The monoisotopic (exact) mass is 170 g/mol. The summed E-state index contributed by atoms with van der Waals surface area (Å²) in [5.41, 5.74) is 0. The Morgan fingerprint density at radius 3 is 2.20 bits per heavy atom. The van der Waals surface area contributed by atoms with Crippen molar-refractivity contribution >= 4 is 23.1 Å². The molecule has 56 valence electrons. The zero-order valence-corrected chi connectivity index (χ0v) is 8.78. The van der Waals surface area contributed by atoms with Gasteiger partial charge in [-0.25, -0.2) is 0 Å². The predicted octanol–water partition coefficient (Wildman–Crippen LogP) is -0.420. The van der Waals surface area contributed by atoms with Crippen molar-refractivity contribution in [2.75, 3.05) is 0 Å². The third-order valence-corrected chi connectivity index (χ3v) is 1.16. The van der Waals surface area contributed by atoms with E-state index in [2.05, 4.69) is 13.5 Å². The van der Waals surface area contributed by atoms with Crippen molar-refractivity contribution < 1.29 is 12.4 Å². The van der Waals surface area contributed by atoms with Gasteiger partial charge in [-0.05, 0) is 12.8 Å². The summed E-state index contributed by atoms with van der Waals surface area (Å²) < 4.78 is 0. The first-order chi connectivity index (χ1) is 3.91. The van der Waals surface area contributed by atoms with E-state index in [1.807, 2.05) is 6.08 Å². The van der Waals surface area contributed by atoms with Crippen molar-refractivity contribution in [2.24, 2.45) is 0 Å². The Morgan fingerprint density at radius 1 is 1.20 bits per heavy atom. The number of rotatable bonds is 5. The molecule has 0 atom stereocenters. The molecule has 0 saturated heterocycles. The summed E-state index contributed by atoms with van der Waals surface area (Å²) in [7, 11) is 0. The van der Waals surface area contributed by atoms with E-state index < -0.39 is 0 Å². The first kappa shape index (κ1) is 17.0. The summed E-state index contributed by atoms with van der Waals surface area (Å²) in [6.45, 7) is 7.40. The smallest absolute Gasteiger partial charge is 1.00 e. The van der Waals surface area contributed by atoms with Crippen molar-refractivity contribution in [3.05, 3.63) is 19.6 Å². The molecule has 0 aromatic heterocycles. The standard InChI is InChI=1S/C8H15.ClH.Mg/c1-3-5-7-8-6-4-2;;/h3H,1-2,4-8H2;1H;/q-1;;+2/p-1. The van der Waals surface area contributed by atoms with Gasteiger partial charge in [-0.3, -0.25) is 0 Å². The molecule has 0 saturated carbocycles.